The average molecular weight is 799 g/mol. The summed E-state index contributed by atoms with van der Waals surface area (Å²) in [5.74, 6) is 0. The molecule has 0 aliphatic rings. The average Bonchev–Trinajstić information content (AvgIpc) is 3.62. The first-order valence-electron chi connectivity index (χ1n) is 21.9. The number of para-hydroxylation sites is 1. The molecule has 0 amide bonds. The van der Waals surface area contributed by atoms with Gasteiger partial charge in [-0.15, -0.1) is 0 Å². The number of rotatable bonds is 6. The number of hydrogen-bond donors (Lipinski definition) is 0. The van der Waals surface area contributed by atoms with Crippen molar-refractivity contribution in [1.82, 2.24) is 4.57 Å². The molecule has 2 nitrogen and oxygen atoms in total. The van der Waals surface area contributed by atoms with Gasteiger partial charge in [0.1, 0.15) is 0 Å². The van der Waals surface area contributed by atoms with Crippen molar-refractivity contribution in [3.8, 4) is 27.9 Å². The molecule has 0 unspecified atom stereocenters. The maximum absolute atomic E-state index is 2.52. The minimum atomic E-state index is 0.0363. The van der Waals surface area contributed by atoms with E-state index in [1.807, 2.05) is 0 Å². The molecule has 0 aliphatic carbocycles. The third-order valence-corrected chi connectivity index (χ3v) is 13.0. The molecule has 0 fully saturated rings. The number of aromatic nitrogens is 1. The van der Waals surface area contributed by atoms with Crippen molar-refractivity contribution >= 4 is 71.2 Å². The van der Waals surface area contributed by atoms with Gasteiger partial charge in [0, 0.05) is 32.9 Å². The highest BCUT2D eigenvalue weighted by Crippen LogP contribution is 2.47. The number of anilines is 3. The molecule has 11 aromatic rings. The Bertz CT molecular complexity index is 3320. The molecular formula is C60H50N2. The van der Waals surface area contributed by atoms with E-state index in [4.69, 9.17) is 0 Å². The van der Waals surface area contributed by atoms with Crippen LogP contribution in [0.25, 0.3) is 82.1 Å². The molecule has 2 heteroatoms. The summed E-state index contributed by atoms with van der Waals surface area (Å²) in [5.41, 5.74) is 14.6. The van der Waals surface area contributed by atoms with Gasteiger partial charge in [0.25, 0.3) is 0 Å². The van der Waals surface area contributed by atoms with Gasteiger partial charge >= 0.3 is 0 Å². The van der Waals surface area contributed by atoms with E-state index in [-0.39, 0.29) is 10.8 Å². The van der Waals surface area contributed by atoms with Gasteiger partial charge in [0.15, 0.2) is 0 Å². The van der Waals surface area contributed by atoms with Crippen LogP contribution in [0.2, 0.25) is 0 Å². The molecule has 300 valence electrons. The maximum Gasteiger partial charge on any atom is 0.0541 e. The zero-order valence-corrected chi connectivity index (χ0v) is 36.4. The zero-order valence-electron chi connectivity index (χ0n) is 36.4. The molecule has 0 radical (unpaired) electrons. The standard InChI is InChI=1S/C60H50N2/c1-59(2,3)45-26-32-55-51(37-45)52-38-46(60(4,5)6)27-33-56(52)62(55)54-31-25-42-22-28-49-53(30-24-41-23-29-50(54)58(42)57(41)49)61(47-20-14-9-15-21-47)48-35-43(39-16-10-7-11-17-39)34-44(36-48)40-18-12-8-13-19-40/h7-38H,1-6H3. The summed E-state index contributed by atoms with van der Waals surface area (Å²) in [5, 5.41) is 10.1. The van der Waals surface area contributed by atoms with Crippen molar-refractivity contribution < 1.29 is 0 Å². The molecule has 0 atom stereocenters. The van der Waals surface area contributed by atoms with E-state index in [0.29, 0.717) is 0 Å². The smallest absolute Gasteiger partial charge is 0.0541 e. The van der Waals surface area contributed by atoms with Gasteiger partial charge in [-0.05, 0) is 132 Å². The molecule has 62 heavy (non-hydrogen) atoms. The second-order valence-electron chi connectivity index (χ2n) is 19.1. The van der Waals surface area contributed by atoms with E-state index in [0.717, 1.165) is 17.1 Å². The van der Waals surface area contributed by atoms with Crippen molar-refractivity contribution in [2.45, 2.75) is 52.4 Å². The highest BCUT2D eigenvalue weighted by atomic mass is 15.1. The molecule has 0 aliphatic heterocycles. The zero-order chi connectivity index (χ0) is 42.3. The van der Waals surface area contributed by atoms with Gasteiger partial charge in [0.2, 0.25) is 0 Å². The monoisotopic (exact) mass is 798 g/mol. The lowest BCUT2D eigenvalue weighted by atomic mass is 9.85. The molecule has 0 saturated carbocycles. The summed E-state index contributed by atoms with van der Waals surface area (Å²) in [7, 11) is 0. The van der Waals surface area contributed by atoms with Crippen LogP contribution in [0.1, 0.15) is 52.7 Å². The predicted molar refractivity (Wildman–Crippen MR) is 267 cm³/mol. The van der Waals surface area contributed by atoms with Crippen molar-refractivity contribution in [3.05, 3.63) is 205 Å². The van der Waals surface area contributed by atoms with E-state index in [1.54, 1.807) is 0 Å². The molecule has 0 N–H and O–H groups in total. The molecule has 10 aromatic carbocycles. The van der Waals surface area contributed by atoms with Crippen molar-refractivity contribution in [2.75, 3.05) is 4.90 Å². The highest BCUT2D eigenvalue weighted by Gasteiger charge is 2.24. The molecule has 1 aromatic heterocycles. The second-order valence-corrected chi connectivity index (χ2v) is 19.1. The third-order valence-electron chi connectivity index (χ3n) is 13.0. The van der Waals surface area contributed by atoms with Crippen LogP contribution < -0.4 is 4.90 Å². The Kier molecular flexibility index (Phi) is 8.67. The van der Waals surface area contributed by atoms with Crippen LogP contribution in [0, 0.1) is 0 Å². The van der Waals surface area contributed by atoms with Crippen LogP contribution in [0.15, 0.2) is 194 Å². The first-order valence-corrected chi connectivity index (χ1v) is 21.9. The third kappa shape index (κ3) is 6.24. The molecule has 11 rings (SSSR count). The van der Waals surface area contributed by atoms with Gasteiger partial charge in [-0.1, -0.05) is 169 Å². The molecule has 1 heterocycles. The number of benzene rings is 10. The summed E-state index contributed by atoms with van der Waals surface area (Å²) < 4.78 is 2.52. The Morgan fingerprint density at radius 3 is 1.35 bits per heavy atom. The van der Waals surface area contributed by atoms with E-state index >= 15 is 0 Å². The summed E-state index contributed by atoms with van der Waals surface area (Å²) in [6.07, 6.45) is 0. The number of nitrogens with zero attached hydrogens (tertiary/aromatic N) is 2. The first-order chi connectivity index (χ1) is 30.0. The molecule has 0 spiro atoms. The van der Waals surface area contributed by atoms with E-state index in [1.165, 1.54) is 93.2 Å². The Balaban J connectivity index is 1.18. The van der Waals surface area contributed by atoms with Crippen molar-refractivity contribution in [1.29, 1.82) is 0 Å². The van der Waals surface area contributed by atoms with Gasteiger partial charge in [-0.25, -0.2) is 0 Å². The molecule has 0 saturated heterocycles. The Hall–Kier alpha value is -7.16. The lowest BCUT2D eigenvalue weighted by Gasteiger charge is -2.29. The Morgan fingerprint density at radius 1 is 0.355 bits per heavy atom. The molecular weight excluding hydrogens is 749 g/mol. The summed E-state index contributed by atoms with van der Waals surface area (Å²) in [6, 6.07) is 72.3. The minimum absolute atomic E-state index is 0.0363. The normalized spacial score (nSPS) is 12.4. The lowest BCUT2D eigenvalue weighted by Crippen LogP contribution is -2.11. The van der Waals surface area contributed by atoms with Crippen LogP contribution in [0.4, 0.5) is 17.1 Å². The van der Waals surface area contributed by atoms with E-state index in [9.17, 15) is 0 Å². The van der Waals surface area contributed by atoms with Gasteiger partial charge in [-0.3, -0.25) is 0 Å². The van der Waals surface area contributed by atoms with E-state index < -0.39 is 0 Å². The van der Waals surface area contributed by atoms with Crippen LogP contribution in [0.5, 0.6) is 0 Å². The van der Waals surface area contributed by atoms with Crippen molar-refractivity contribution in [3.63, 3.8) is 0 Å². The van der Waals surface area contributed by atoms with Gasteiger partial charge < -0.3 is 9.47 Å². The quantitative estimate of drug-likeness (QED) is 0.152. The van der Waals surface area contributed by atoms with Gasteiger partial charge in [-0.2, -0.15) is 0 Å². The fourth-order valence-corrected chi connectivity index (χ4v) is 9.72. The SMILES string of the molecule is CC(C)(C)c1ccc2c(c1)c1cc(C(C)(C)C)ccc1n2-c1ccc2ccc3c(N(c4ccccc4)c4cc(-c5ccccc5)cc(-c5ccccc5)c4)ccc4ccc1c2c43. The Morgan fingerprint density at radius 2 is 0.823 bits per heavy atom. The predicted octanol–water partition coefficient (Wildman–Crippen LogP) is 17.1. The fraction of sp³-hybridized carbons (Fsp3) is 0.133. The summed E-state index contributed by atoms with van der Waals surface area (Å²) >= 11 is 0. The van der Waals surface area contributed by atoms with Crippen LogP contribution in [0.3, 0.4) is 0 Å². The van der Waals surface area contributed by atoms with Crippen LogP contribution >= 0.6 is 0 Å². The number of hydrogen-bond acceptors (Lipinski definition) is 1. The summed E-state index contributed by atoms with van der Waals surface area (Å²) in [4.78, 5) is 2.46. The largest absolute Gasteiger partial charge is 0.310 e. The van der Waals surface area contributed by atoms with E-state index in [2.05, 4.69) is 245 Å². The summed E-state index contributed by atoms with van der Waals surface area (Å²) in [6.45, 7) is 13.9. The topological polar surface area (TPSA) is 8.17 Å². The van der Waals surface area contributed by atoms with Crippen LogP contribution in [-0.2, 0) is 10.8 Å². The molecule has 0 bridgehead atoms. The highest BCUT2D eigenvalue weighted by molar-refractivity contribution is 6.27. The van der Waals surface area contributed by atoms with Gasteiger partial charge in [0.05, 0.1) is 22.4 Å². The maximum atomic E-state index is 2.52. The fourth-order valence-electron chi connectivity index (χ4n) is 9.72. The Labute approximate surface area is 364 Å². The minimum Gasteiger partial charge on any atom is -0.310 e. The second kappa shape index (κ2) is 14.2. The first kappa shape index (κ1) is 37.8. The van der Waals surface area contributed by atoms with Crippen LogP contribution in [-0.4, -0.2) is 4.57 Å². The lowest BCUT2D eigenvalue weighted by molar-refractivity contribution is 0.590. The number of fused-ring (bicyclic) bond motifs is 3. The van der Waals surface area contributed by atoms with Crippen molar-refractivity contribution in [2.24, 2.45) is 0 Å².